The molecule has 0 saturated carbocycles. The van der Waals surface area contributed by atoms with Gasteiger partial charge in [-0.05, 0) is 53.0 Å². The number of hydrogen-bond acceptors (Lipinski definition) is 3. The van der Waals surface area contributed by atoms with E-state index in [9.17, 15) is 9.59 Å². The van der Waals surface area contributed by atoms with Crippen molar-refractivity contribution in [1.82, 2.24) is 14.7 Å². The third-order valence-electron chi connectivity index (χ3n) is 5.61. The quantitative estimate of drug-likeness (QED) is 0.342. The Labute approximate surface area is 216 Å². The van der Waals surface area contributed by atoms with Gasteiger partial charge in [0.25, 0.3) is 0 Å². The highest BCUT2D eigenvalue weighted by Crippen LogP contribution is 2.27. The maximum absolute atomic E-state index is 13.2. The van der Waals surface area contributed by atoms with E-state index in [1.807, 2.05) is 61.5 Å². The first-order chi connectivity index (χ1) is 16.6. The minimum atomic E-state index is -0.316. The van der Waals surface area contributed by atoms with Crippen LogP contribution in [0.15, 0.2) is 59.1 Å². The number of halogens is 1. The van der Waals surface area contributed by atoms with Crippen LogP contribution in [0, 0.1) is 6.92 Å². The van der Waals surface area contributed by atoms with Gasteiger partial charge in [0.15, 0.2) is 0 Å². The Kier molecular flexibility index (Phi) is 8.72. The molecule has 3 rings (SSSR count). The van der Waals surface area contributed by atoms with E-state index in [2.05, 4.69) is 54.3 Å². The smallest absolute Gasteiger partial charge is 0.315 e. The molecule has 7 nitrogen and oxygen atoms in total. The lowest BCUT2D eigenvalue weighted by Gasteiger charge is -2.23. The Hall–Kier alpha value is -3.13. The van der Waals surface area contributed by atoms with E-state index in [0.29, 0.717) is 18.1 Å². The van der Waals surface area contributed by atoms with Crippen LogP contribution in [0.1, 0.15) is 51.8 Å². The summed E-state index contributed by atoms with van der Waals surface area (Å²) in [5.41, 5.74) is 3.28. The van der Waals surface area contributed by atoms with Crippen LogP contribution in [-0.2, 0) is 10.2 Å². The third kappa shape index (κ3) is 6.94. The van der Waals surface area contributed by atoms with Crippen molar-refractivity contribution in [2.45, 2.75) is 52.9 Å². The molecule has 186 valence electrons. The molecule has 1 aromatic heterocycles. The molecule has 0 atom stereocenters. The predicted molar refractivity (Wildman–Crippen MR) is 145 cm³/mol. The lowest BCUT2D eigenvalue weighted by Crippen LogP contribution is -2.41. The van der Waals surface area contributed by atoms with Gasteiger partial charge in [-0.1, -0.05) is 64.4 Å². The summed E-state index contributed by atoms with van der Waals surface area (Å²) in [5.74, 6) is 0.300. The fourth-order valence-electron chi connectivity index (χ4n) is 3.54. The second kappa shape index (κ2) is 11.5. The summed E-state index contributed by atoms with van der Waals surface area (Å²) >= 11 is 3.45. The number of nitrogens with zero attached hydrogens (tertiary/aromatic N) is 3. The van der Waals surface area contributed by atoms with Crippen LogP contribution in [0.2, 0.25) is 0 Å². The van der Waals surface area contributed by atoms with Crippen LogP contribution in [0.3, 0.4) is 0 Å². The molecule has 0 saturated heterocycles. The molecule has 0 aliphatic rings. The number of aryl methyl sites for hydroxylation is 1. The van der Waals surface area contributed by atoms with Crippen LogP contribution in [0.5, 0.6) is 0 Å². The van der Waals surface area contributed by atoms with Crippen molar-refractivity contribution >= 4 is 39.4 Å². The van der Waals surface area contributed by atoms with E-state index >= 15 is 0 Å². The Bertz CT molecular complexity index is 1180. The van der Waals surface area contributed by atoms with E-state index in [4.69, 9.17) is 5.10 Å². The van der Waals surface area contributed by atoms with Crippen molar-refractivity contribution in [2.24, 2.45) is 0 Å². The zero-order valence-corrected chi connectivity index (χ0v) is 22.6. The number of amides is 3. The predicted octanol–water partition coefficient (Wildman–Crippen LogP) is 6.51. The second-order valence-corrected chi connectivity index (χ2v) is 10.5. The minimum absolute atomic E-state index is 0.0694. The zero-order chi connectivity index (χ0) is 25.6. The molecule has 0 bridgehead atoms. The van der Waals surface area contributed by atoms with Gasteiger partial charge in [0, 0.05) is 22.5 Å². The summed E-state index contributed by atoms with van der Waals surface area (Å²) in [6.07, 6.45) is 1.71. The van der Waals surface area contributed by atoms with Gasteiger partial charge in [0.1, 0.15) is 12.4 Å². The summed E-state index contributed by atoms with van der Waals surface area (Å²) in [5, 5.41) is 10.7. The highest BCUT2D eigenvalue weighted by Gasteiger charge is 2.23. The number of nitrogens with one attached hydrogen (secondary N) is 2. The molecule has 0 spiro atoms. The SMILES string of the molecule is CCCCN(CC(=O)Nc1cc(C(C)(C)C)nn1-c1ccccc1C)C(=O)Nc1ccccc1Br. The van der Waals surface area contributed by atoms with Crippen LogP contribution < -0.4 is 10.6 Å². The summed E-state index contributed by atoms with van der Waals surface area (Å²) in [4.78, 5) is 27.7. The molecule has 0 aliphatic heterocycles. The molecular weight excluding hydrogens is 506 g/mol. The number of carbonyl (C=O) groups excluding carboxylic acids is 2. The van der Waals surface area contributed by atoms with Gasteiger partial charge < -0.3 is 15.5 Å². The number of hydrogen-bond donors (Lipinski definition) is 2. The van der Waals surface area contributed by atoms with E-state index < -0.39 is 0 Å². The molecule has 3 amide bonds. The molecule has 8 heteroatoms. The van der Waals surface area contributed by atoms with Gasteiger partial charge in [-0.2, -0.15) is 5.10 Å². The van der Waals surface area contributed by atoms with Gasteiger partial charge in [0.05, 0.1) is 17.1 Å². The zero-order valence-electron chi connectivity index (χ0n) is 21.1. The summed E-state index contributed by atoms with van der Waals surface area (Å²) in [6.45, 7) is 10.7. The van der Waals surface area contributed by atoms with E-state index in [1.165, 1.54) is 4.90 Å². The molecule has 2 aromatic carbocycles. The average Bonchev–Trinajstić information content (AvgIpc) is 3.22. The van der Waals surface area contributed by atoms with Gasteiger partial charge in [-0.3, -0.25) is 4.79 Å². The van der Waals surface area contributed by atoms with Gasteiger partial charge >= 0.3 is 6.03 Å². The summed E-state index contributed by atoms with van der Waals surface area (Å²) in [6, 6.07) is 16.9. The first-order valence-electron chi connectivity index (χ1n) is 11.9. The molecule has 3 aromatic rings. The Morgan fingerprint density at radius 1 is 1.06 bits per heavy atom. The third-order valence-corrected chi connectivity index (χ3v) is 6.30. The maximum atomic E-state index is 13.2. The normalized spacial score (nSPS) is 11.3. The fourth-order valence-corrected chi connectivity index (χ4v) is 3.92. The van der Waals surface area contributed by atoms with Gasteiger partial charge in [0.2, 0.25) is 5.91 Å². The first kappa shape index (κ1) is 26.5. The van der Waals surface area contributed by atoms with Crippen LogP contribution in [0.25, 0.3) is 5.69 Å². The van der Waals surface area contributed by atoms with Gasteiger partial charge in [-0.25, -0.2) is 9.48 Å². The van der Waals surface area contributed by atoms with Crippen molar-refractivity contribution in [1.29, 1.82) is 0 Å². The van der Waals surface area contributed by atoms with Gasteiger partial charge in [-0.15, -0.1) is 0 Å². The molecule has 0 radical (unpaired) electrons. The molecule has 0 fully saturated rings. The standard InChI is InChI=1S/C27H34BrN5O2/c1-6-7-16-32(26(35)29-21-14-10-9-13-20(21)28)18-25(34)30-24-17-23(27(3,4)5)31-33(24)22-15-11-8-12-19(22)2/h8-15,17H,6-7,16,18H2,1-5H3,(H,29,35)(H,30,34). The molecule has 0 aliphatic carbocycles. The van der Waals surface area contributed by atoms with Crippen LogP contribution >= 0.6 is 15.9 Å². The number of rotatable bonds is 8. The number of urea groups is 1. The first-order valence-corrected chi connectivity index (χ1v) is 12.7. The molecule has 1 heterocycles. The number of benzene rings is 2. The Balaban J connectivity index is 1.82. The monoisotopic (exact) mass is 539 g/mol. The second-order valence-electron chi connectivity index (χ2n) is 9.60. The molecule has 0 unspecified atom stereocenters. The summed E-state index contributed by atoms with van der Waals surface area (Å²) < 4.78 is 2.55. The number of carbonyl (C=O) groups is 2. The fraction of sp³-hybridized carbons (Fsp3) is 0.370. The highest BCUT2D eigenvalue weighted by atomic mass is 79.9. The number of anilines is 2. The lowest BCUT2D eigenvalue weighted by molar-refractivity contribution is -0.116. The minimum Gasteiger partial charge on any atom is -0.315 e. The molecular formula is C27H34BrN5O2. The van der Waals surface area contributed by atoms with Crippen molar-refractivity contribution < 1.29 is 9.59 Å². The Morgan fingerprint density at radius 3 is 2.40 bits per heavy atom. The topological polar surface area (TPSA) is 79.3 Å². The maximum Gasteiger partial charge on any atom is 0.322 e. The largest absolute Gasteiger partial charge is 0.322 e. The Morgan fingerprint density at radius 2 is 1.74 bits per heavy atom. The van der Waals surface area contributed by atoms with E-state index in [1.54, 1.807) is 4.68 Å². The molecule has 35 heavy (non-hydrogen) atoms. The number of aromatic nitrogens is 2. The van der Waals surface area contributed by atoms with Crippen molar-refractivity contribution in [3.63, 3.8) is 0 Å². The van der Waals surface area contributed by atoms with Crippen LogP contribution in [-0.4, -0.2) is 39.7 Å². The number of unbranched alkanes of at least 4 members (excludes halogenated alkanes) is 1. The highest BCUT2D eigenvalue weighted by molar-refractivity contribution is 9.10. The van der Waals surface area contributed by atoms with Crippen LogP contribution in [0.4, 0.5) is 16.3 Å². The van der Waals surface area contributed by atoms with Crippen molar-refractivity contribution in [3.8, 4) is 5.69 Å². The van der Waals surface area contributed by atoms with Crippen molar-refractivity contribution in [3.05, 3.63) is 70.3 Å². The van der Waals surface area contributed by atoms with E-state index in [-0.39, 0.29) is 23.9 Å². The van der Waals surface area contributed by atoms with E-state index in [0.717, 1.165) is 34.3 Å². The number of para-hydroxylation sites is 2. The van der Waals surface area contributed by atoms with Crippen molar-refractivity contribution in [2.75, 3.05) is 23.7 Å². The molecule has 2 N–H and O–H groups in total. The lowest BCUT2D eigenvalue weighted by atomic mass is 9.92. The average molecular weight is 541 g/mol. The summed E-state index contributed by atoms with van der Waals surface area (Å²) in [7, 11) is 0.